The third-order valence-electron chi connectivity index (χ3n) is 2.97. The molecule has 5 nitrogen and oxygen atoms in total. The molecule has 0 aromatic carbocycles. The molecule has 0 spiro atoms. The lowest BCUT2D eigenvalue weighted by molar-refractivity contribution is 0.716. The van der Waals surface area contributed by atoms with Gasteiger partial charge in [-0.25, -0.2) is 9.97 Å². The van der Waals surface area contributed by atoms with Gasteiger partial charge in [-0.1, -0.05) is 20.8 Å². The average molecular weight is 277 g/mol. The Morgan fingerprint density at radius 2 is 1.95 bits per heavy atom. The summed E-state index contributed by atoms with van der Waals surface area (Å²) in [6.45, 7) is 6.28. The number of nitrogens with one attached hydrogen (secondary N) is 1. The van der Waals surface area contributed by atoms with E-state index in [0.717, 1.165) is 35.7 Å². The summed E-state index contributed by atoms with van der Waals surface area (Å²) in [4.78, 5) is 8.89. The van der Waals surface area contributed by atoms with Crippen molar-refractivity contribution in [1.82, 2.24) is 20.2 Å². The lowest BCUT2D eigenvalue weighted by atomic mass is 10.2. The number of aryl methyl sites for hydroxylation is 2. The maximum Gasteiger partial charge on any atom is 0.243 e. The molecule has 0 bridgehead atoms. The molecule has 19 heavy (non-hydrogen) atoms. The van der Waals surface area contributed by atoms with Crippen LogP contribution in [0.4, 0.5) is 5.95 Å². The maximum absolute atomic E-state index is 4.55. The number of nitrogens with zero attached hydrogens (tertiary/aromatic N) is 4. The van der Waals surface area contributed by atoms with E-state index in [1.54, 1.807) is 11.3 Å². The highest BCUT2D eigenvalue weighted by molar-refractivity contribution is 7.09. The first kappa shape index (κ1) is 13.9. The van der Waals surface area contributed by atoms with Gasteiger partial charge in [0, 0.05) is 11.6 Å². The monoisotopic (exact) mass is 277 g/mol. The maximum atomic E-state index is 4.55. The Labute approximate surface area is 117 Å². The summed E-state index contributed by atoms with van der Waals surface area (Å²) in [7, 11) is 0. The SMILES string of the molecule is CCc1nnc(NC(CC)c2nccs2)nc1CC. The van der Waals surface area contributed by atoms with E-state index in [2.05, 4.69) is 46.3 Å². The minimum absolute atomic E-state index is 0.152. The first-order valence-corrected chi connectivity index (χ1v) is 7.54. The van der Waals surface area contributed by atoms with Gasteiger partial charge in [-0.3, -0.25) is 0 Å². The molecule has 2 aromatic rings. The molecule has 6 heteroatoms. The van der Waals surface area contributed by atoms with Gasteiger partial charge in [0.05, 0.1) is 17.4 Å². The van der Waals surface area contributed by atoms with Gasteiger partial charge in [0.15, 0.2) is 0 Å². The van der Waals surface area contributed by atoms with E-state index in [1.807, 2.05) is 11.6 Å². The smallest absolute Gasteiger partial charge is 0.243 e. The summed E-state index contributed by atoms with van der Waals surface area (Å²) in [5.74, 6) is 0.594. The van der Waals surface area contributed by atoms with E-state index in [1.165, 1.54) is 0 Å². The Morgan fingerprint density at radius 1 is 1.16 bits per heavy atom. The summed E-state index contributed by atoms with van der Waals surface area (Å²) in [6.07, 6.45) is 4.50. The van der Waals surface area contributed by atoms with Gasteiger partial charge in [-0.2, -0.15) is 5.10 Å². The molecule has 0 fully saturated rings. The topological polar surface area (TPSA) is 63.6 Å². The van der Waals surface area contributed by atoms with E-state index in [4.69, 9.17) is 0 Å². The predicted molar refractivity (Wildman–Crippen MR) is 77.4 cm³/mol. The molecule has 102 valence electrons. The second-order valence-corrected chi connectivity index (χ2v) is 5.14. The standard InChI is InChI=1S/C13H19N5S/c1-4-9-10(5-2)17-18-13(15-9)16-11(6-3)12-14-7-8-19-12/h7-8,11H,4-6H2,1-3H3,(H,15,16,18). The molecule has 1 unspecified atom stereocenters. The molecule has 1 atom stereocenters. The molecule has 0 radical (unpaired) electrons. The molecule has 0 aliphatic rings. The van der Waals surface area contributed by atoms with Crippen molar-refractivity contribution in [3.8, 4) is 0 Å². The van der Waals surface area contributed by atoms with Crippen LogP contribution in [-0.2, 0) is 12.8 Å². The van der Waals surface area contributed by atoms with Crippen molar-refractivity contribution < 1.29 is 0 Å². The van der Waals surface area contributed by atoms with Crippen molar-refractivity contribution in [3.05, 3.63) is 28.0 Å². The zero-order chi connectivity index (χ0) is 13.7. The average Bonchev–Trinajstić information content (AvgIpc) is 2.98. The highest BCUT2D eigenvalue weighted by Gasteiger charge is 2.14. The molecule has 2 aromatic heterocycles. The lowest BCUT2D eigenvalue weighted by Gasteiger charge is -2.14. The van der Waals surface area contributed by atoms with Crippen LogP contribution in [0.15, 0.2) is 11.6 Å². The Bertz CT molecular complexity index is 512. The van der Waals surface area contributed by atoms with Gasteiger partial charge >= 0.3 is 0 Å². The predicted octanol–water partition coefficient (Wildman–Crippen LogP) is 3.02. The van der Waals surface area contributed by atoms with Gasteiger partial charge in [0.2, 0.25) is 5.95 Å². The highest BCUT2D eigenvalue weighted by Crippen LogP contribution is 2.22. The van der Waals surface area contributed by atoms with Crippen molar-refractivity contribution in [2.75, 3.05) is 5.32 Å². The minimum atomic E-state index is 0.152. The fourth-order valence-corrected chi connectivity index (χ4v) is 2.67. The van der Waals surface area contributed by atoms with Crippen LogP contribution in [0.1, 0.15) is 49.6 Å². The molecule has 0 aliphatic carbocycles. The molecule has 0 saturated carbocycles. The molecule has 0 amide bonds. The van der Waals surface area contributed by atoms with Gasteiger partial charge in [0.1, 0.15) is 5.01 Å². The van der Waals surface area contributed by atoms with Crippen molar-refractivity contribution in [3.63, 3.8) is 0 Å². The van der Waals surface area contributed by atoms with Gasteiger partial charge in [0.25, 0.3) is 0 Å². The number of rotatable bonds is 6. The normalized spacial score (nSPS) is 12.4. The van der Waals surface area contributed by atoms with Crippen molar-refractivity contribution in [2.45, 2.75) is 46.1 Å². The first-order chi connectivity index (χ1) is 9.28. The van der Waals surface area contributed by atoms with Crippen molar-refractivity contribution in [2.24, 2.45) is 0 Å². The molecule has 2 heterocycles. The summed E-state index contributed by atoms with van der Waals surface area (Å²) in [5, 5.41) is 14.8. The minimum Gasteiger partial charge on any atom is -0.344 e. The molecule has 0 aliphatic heterocycles. The molecule has 0 saturated heterocycles. The zero-order valence-electron chi connectivity index (χ0n) is 11.6. The fourth-order valence-electron chi connectivity index (χ4n) is 1.90. The molecule has 1 N–H and O–H groups in total. The number of hydrogen-bond acceptors (Lipinski definition) is 6. The molecular weight excluding hydrogens is 258 g/mol. The third-order valence-corrected chi connectivity index (χ3v) is 3.86. The van der Waals surface area contributed by atoms with Crippen LogP contribution in [0.5, 0.6) is 0 Å². The van der Waals surface area contributed by atoms with Gasteiger partial charge < -0.3 is 5.32 Å². The summed E-state index contributed by atoms with van der Waals surface area (Å²) in [5.41, 5.74) is 2.00. The van der Waals surface area contributed by atoms with E-state index in [9.17, 15) is 0 Å². The summed E-state index contributed by atoms with van der Waals surface area (Å²) < 4.78 is 0. The molecule has 2 rings (SSSR count). The van der Waals surface area contributed by atoms with Crippen molar-refractivity contribution in [1.29, 1.82) is 0 Å². The first-order valence-electron chi connectivity index (χ1n) is 6.66. The van der Waals surface area contributed by atoms with Crippen LogP contribution in [0, 0.1) is 0 Å². The lowest BCUT2D eigenvalue weighted by Crippen LogP contribution is -2.14. The largest absolute Gasteiger partial charge is 0.344 e. The Balaban J connectivity index is 2.18. The zero-order valence-corrected chi connectivity index (χ0v) is 12.4. The Hall–Kier alpha value is -1.56. The second-order valence-electron chi connectivity index (χ2n) is 4.21. The van der Waals surface area contributed by atoms with Gasteiger partial charge in [-0.05, 0) is 19.3 Å². The summed E-state index contributed by atoms with van der Waals surface area (Å²) >= 11 is 1.64. The molecular formula is C13H19N5S. The third kappa shape index (κ3) is 3.26. The quantitative estimate of drug-likeness (QED) is 0.879. The van der Waals surface area contributed by atoms with Gasteiger partial charge in [-0.15, -0.1) is 16.4 Å². The van der Waals surface area contributed by atoms with E-state index < -0.39 is 0 Å². The highest BCUT2D eigenvalue weighted by atomic mass is 32.1. The number of anilines is 1. The van der Waals surface area contributed by atoms with Crippen LogP contribution < -0.4 is 5.32 Å². The van der Waals surface area contributed by atoms with E-state index in [0.29, 0.717) is 5.95 Å². The second kappa shape index (κ2) is 6.56. The van der Waals surface area contributed by atoms with E-state index >= 15 is 0 Å². The summed E-state index contributed by atoms with van der Waals surface area (Å²) in [6, 6.07) is 0.152. The van der Waals surface area contributed by atoms with Crippen LogP contribution >= 0.6 is 11.3 Å². The van der Waals surface area contributed by atoms with Crippen LogP contribution in [0.2, 0.25) is 0 Å². The Kier molecular flexibility index (Phi) is 4.79. The van der Waals surface area contributed by atoms with Crippen LogP contribution in [0.25, 0.3) is 0 Å². The fraction of sp³-hybridized carbons (Fsp3) is 0.538. The van der Waals surface area contributed by atoms with Crippen LogP contribution in [0.3, 0.4) is 0 Å². The number of thiazole rings is 1. The van der Waals surface area contributed by atoms with Crippen molar-refractivity contribution >= 4 is 17.3 Å². The van der Waals surface area contributed by atoms with E-state index in [-0.39, 0.29) is 6.04 Å². The number of aromatic nitrogens is 4. The number of hydrogen-bond donors (Lipinski definition) is 1. The Morgan fingerprint density at radius 3 is 2.53 bits per heavy atom. The van der Waals surface area contributed by atoms with Crippen LogP contribution in [-0.4, -0.2) is 20.2 Å².